The molecule has 0 aliphatic carbocycles. The van der Waals surface area contributed by atoms with Crippen molar-refractivity contribution in [1.29, 1.82) is 5.26 Å². The van der Waals surface area contributed by atoms with E-state index < -0.39 is 0 Å². The maximum absolute atomic E-state index is 9.13. The summed E-state index contributed by atoms with van der Waals surface area (Å²) in [6, 6.07) is 46.2. The van der Waals surface area contributed by atoms with Gasteiger partial charge in [-0.25, -0.2) is 4.98 Å². The minimum atomic E-state index is 0.667. The quantitative estimate of drug-likeness (QED) is 0.259. The first kappa shape index (κ1) is 21.1. The lowest BCUT2D eigenvalue weighted by atomic mass is 9.97. The molecule has 0 radical (unpaired) electrons. The number of para-hydroxylation sites is 2. The van der Waals surface area contributed by atoms with E-state index in [2.05, 4.69) is 101 Å². The van der Waals surface area contributed by atoms with Crippen LogP contribution >= 0.6 is 0 Å². The van der Waals surface area contributed by atoms with Crippen LogP contribution in [-0.4, -0.2) is 9.38 Å². The molecule has 7 aromatic rings. The van der Waals surface area contributed by atoms with Crippen molar-refractivity contribution in [3.63, 3.8) is 0 Å². The van der Waals surface area contributed by atoms with Crippen molar-refractivity contribution in [3.8, 4) is 39.4 Å². The Morgan fingerprint density at radius 2 is 1.22 bits per heavy atom. The second kappa shape index (κ2) is 8.48. The Balaban J connectivity index is 1.45. The zero-order valence-electron chi connectivity index (χ0n) is 20.0. The highest BCUT2D eigenvalue weighted by molar-refractivity contribution is 5.99. The average Bonchev–Trinajstić information content (AvgIpc) is 3.37. The lowest BCUT2D eigenvalue weighted by Gasteiger charge is -2.12. The van der Waals surface area contributed by atoms with E-state index in [1.165, 1.54) is 5.39 Å². The molecule has 2 aromatic heterocycles. The SMILES string of the molecule is N#Cc1ccc(-c2cccc(-c3ccc4cc(-c5ccccc5)c5nc6ccccc6n5c4c3)c2)cc1. The molecule has 7 rings (SSSR count). The molecule has 0 bridgehead atoms. The molecule has 5 aromatic carbocycles. The molecule has 2 heterocycles. The third-order valence-electron chi connectivity index (χ3n) is 7.00. The van der Waals surface area contributed by atoms with Crippen molar-refractivity contribution in [2.75, 3.05) is 0 Å². The minimum Gasteiger partial charge on any atom is -0.292 e. The molecule has 0 aliphatic heterocycles. The lowest BCUT2D eigenvalue weighted by molar-refractivity contribution is 1.30. The van der Waals surface area contributed by atoms with Gasteiger partial charge in [0.15, 0.2) is 0 Å². The number of nitrogens with zero attached hydrogens (tertiary/aromatic N) is 3. The van der Waals surface area contributed by atoms with Crippen LogP contribution in [0.2, 0.25) is 0 Å². The summed E-state index contributed by atoms with van der Waals surface area (Å²) in [5.41, 5.74) is 11.6. The van der Waals surface area contributed by atoms with E-state index in [0.29, 0.717) is 5.56 Å². The summed E-state index contributed by atoms with van der Waals surface area (Å²) in [4.78, 5) is 5.05. The molecule has 0 saturated heterocycles. The first-order valence-corrected chi connectivity index (χ1v) is 12.3. The first-order chi connectivity index (χ1) is 18.3. The molecule has 0 saturated carbocycles. The number of hydrogen-bond donors (Lipinski definition) is 0. The van der Waals surface area contributed by atoms with E-state index in [9.17, 15) is 0 Å². The predicted octanol–water partition coefficient (Wildman–Crippen LogP) is 8.51. The Labute approximate surface area is 214 Å². The minimum absolute atomic E-state index is 0.667. The maximum Gasteiger partial charge on any atom is 0.146 e. The topological polar surface area (TPSA) is 41.1 Å². The van der Waals surface area contributed by atoms with Crippen LogP contribution in [0.4, 0.5) is 0 Å². The van der Waals surface area contributed by atoms with Gasteiger partial charge in [0.05, 0.1) is 28.2 Å². The van der Waals surface area contributed by atoms with Gasteiger partial charge in [-0.3, -0.25) is 4.40 Å². The van der Waals surface area contributed by atoms with Crippen molar-refractivity contribution in [1.82, 2.24) is 9.38 Å². The summed E-state index contributed by atoms with van der Waals surface area (Å²) in [7, 11) is 0. The van der Waals surface area contributed by atoms with Gasteiger partial charge in [0, 0.05) is 5.56 Å². The molecule has 0 aliphatic rings. The highest BCUT2D eigenvalue weighted by Gasteiger charge is 2.15. The van der Waals surface area contributed by atoms with Crippen molar-refractivity contribution >= 4 is 27.6 Å². The van der Waals surface area contributed by atoms with Gasteiger partial charge in [-0.05, 0) is 75.7 Å². The lowest BCUT2D eigenvalue weighted by Crippen LogP contribution is -1.93. The number of imidazole rings is 1. The molecule has 3 heteroatoms. The Morgan fingerprint density at radius 3 is 2.03 bits per heavy atom. The van der Waals surface area contributed by atoms with Crippen molar-refractivity contribution in [2.45, 2.75) is 0 Å². The molecule has 0 unspecified atom stereocenters. The fourth-order valence-corrected chi connectivity index (χ4v) is 5.16. The molecule has 0 atom stereocenters. The van der Waals surface area contributed by atoms with Gasteiger partial charge in [-0.1, -0.05) is 84.9 Å². The van der Waals surface area contributed by atoms with Gasteiger partial charge in [0.1, 0.15) is 5.65 Å². The zero-order chi connectivity index (χ0) is 24.8. The van der Waals surface area contributed by atoms with E-state index in [1.807, 2.05) is 36.4 Å². The van der Waals surface area contributed by atoms with Crippen LogP contribution < -0.4 is 0 Å². The molecule has 0 fully saturated rings. The maximum atomic E-state index is 9.13. The molecular weight excluding hydrogens is 450 g/mol. The molecule has 0 amide bonds. The summed E-state index contributed by atoms with van der Waals surface area (Å²) in [6.45, 7) is 0. The Kier molecular flexibility index (Phi) is 4.84. The van der Waals surface area contributed by atoms with Crippen LogP contribution in [0.25, 0.3) is 61.0 Å². The fraction of sp³-hybridized carbons (Fsp3) is 0. The molecule has 37 heavy (non-hydrogen) atoms. The van der Waals surface area contributed by atoms with Crippen LogP contribution in [0.5, 0.6) is 0 Å². The van der Waals surface area contributed by atoms with Gasteiger partial charge in [0.25, 0.3) is 0 Å². The van der Waals surface area contributed by atoms with Crippen molar-refractivity contribution in [3.05, 3.63) is 133 Å². The largest absolute Gasteiger partial charge is 0.292 e. The Morgan fingerprint density at radius 1 is 0.541 bits per heavy atom. The van der Waals surface area contributed by atoms with Gasteiger partial charge in [-0.2, -0.15) is 5.26 Å². The molecular formula is C34H21N3. The second-order valence-electron chi connectivity index (χ2n) is 9.23. The summed E-state index contributed by atoms with van der Waals surface area (Å²) < 4.78 is 2.29. The van der Waals surface area contributed by atoms with Crippen LogP contribution in [0, 0.1) is 11.3 Å². The molecule has 0 spiro atoms. The number of benzene rings is 5. The number of hydrogen-bond acceptors (Lipinski definition) is 2. The number of aromatic nitrogens is 2. The van der Waals surface area contributed by atoms with E-state index in [0.717, 1.165) is 55.6 Å². The zero-order valence-corrected chi connectivity index (χ0v) is 20.0. The normalized spacial score (nSPS) is 11.2. The van der Waals surface area contributed by atoms with Crippen LogP contribution in [0.15, 0.2) is 127 Å². The predicted molar refractivity (Wildman–Crippen MR) is 151 cm³/mol. The van der Waals surface area contributed by atoms with Gasteiger partial charge in [-0.15, -0.1) is 0 Å². The number of nitriles is 1. The fourth-order valence-electron chi connectivity index (χ4n) is 5.16. The third-order valence-corrected chi connectivity index (χ3v) is 7.00. The Hall–Kier alpha value is -5.20. The summed E-state index contributed by atoms with van der Waals surface area (Å²) in [5.74, 6) is 0. The third kappa shape index (κ3) is 3.55. The summed E-state index contributed by atoms with van der Waals surface area (Å²) >= 11 is 0. The summed E-state index contributed by atoms with van der Waals surface area (Å²) in [6.07, 6.45) is 0. The standard InChI is InChI=1S/C34H21N3/c35-22-23-13-15-24(16-14-23)26-9-6-10-27(19-26)28-17-18-29-20-30(25-7-2-1-3-8-25)34-36-31-11-4-5-12-32(31)37(34)33(29)21-28/h1-21H. The van der Waals surface area contributed by atoms with Crippen molar-refractivity contribution in [2.24, 2.45) is 0 Å². The first-order valence-electron chi connectivity index (χ1n) is 12.3. The van der Waals surface area contributed by atoms with Gasteiger partial charge >= 0.3 is 0 Å². The van der Waals surface area contributed by atoms with Crippen LogP contribution in [-0.2, 0) is 0 Å². The summed E-state index contributed by atoms with van der Waals surface area (Å²) in [5, 5.41) is 10.3. The van der Waals surface area contributed by atoms with E-state index >= 15 is 0 Å². The number of pyridine rings is 1. The smallest absolute Gasteiger partial charge is 0.146 e. The molecule has 0 N–H and O–H groups in total. The van der Waals surface area contributed by atoms with E-state index in [4.69, 9.17) is 10.2 Å². The van der Waals surface area contributed by atoms with Gasteiger partial charge in [0.2, 0.25) is 0 Å². The van der Waals surface area contributed by atoms with E-state index in [1.54, 1.807) is 0 Å². The van der Waals surface area contributed by atoms with Crippen LogP contribution in [0.1, 0.15) is 5.56 Å². The van der Waals surface area contributed by atoms with Crippen LogP contribution in [0.3, 0.4) is 0 Å². The van der Waals surface area contributed by atoms with E-state index in [-0.39, 0.29) is 0 Å². The Bertz CT molecular complexity index is 1970. The molecule has 3 nitrogen and oxygen atoms in total. The highest BCUT2D eigenvalue weighted by atomic mass is 15.0. The highest BCUT2D eigenvalue weighted by Crippen LogP contribution is 2.35. The number of rotatable bonds is 3. The average molecular weight is 472 g/mol. The van der Waals surface area contributed by atoms with Crippen molar-refractivity contribution < 1.29 is 0 Å². The molecule has 172 valence electrons. The van der Waals surface area contributed by atoms with Gasteiger partial charge < -0.3 is 0 Å². The second-order valence-corrected chi connectivity index (χ2v) is 9.23. The monoisotopic (exact) mass is 471 g/mol. The number of fused-ring (bicyclic) bond motifs is 5.